The maximum Gasteiger partial charge on any atom is 0.321 e. The molecular formula is C17H27N3O4. The Labute approximate surface area is 142 Å². The summed E-state index contributed by atoms with van der Waals surface area (Å²) >= 11 is 0. The van der Waals surface area contributed by atoms with Gasteiger partial charge in [-0.3, -0.25) is 9.59 Å². The monoisotopic (exact) mass is 337 g/mol. The molecule has 5 N–H and O–H groups in total. The number of nitrogens with one attached hydrogen (secondary N) is 2. The number of carbonyl (C=O) groups is 2. The second kappa shape index (κ2) is 11.4. The largest absolute Gasteiger partial charge is 0.495 e. The van der Waals surface area contributed by atoms with Gasteiger partial charge in [-0.2, -0.15) is 0 Å². The van der Waals surface area contributed by atoms with Gasteiger partial charge in [0.2, 0.25) is 5.91 Å². The van der Waals surface area contributed by atoms with E-state index in [2.05, 4.69) is 10.6 Å². The molecule has 134 valence electrons. The fourth-order valence-corrected chi connectivity index (χ4v) is 2.28. The van der Waals surface area contributed by atoms with Crippen LogP contribution in [0.2, 0.25) is 0 Å². The van der Waals surface area contributed by atoms with E-state index in [0.717, 1.165) is 25.7 Å². The molecule has 24 heavy (non-hydrogen) atoms. The van der Waals surface area contributed by atoms with Gasteiger partial charge in [-0.05, 0) is 38.1 Å². The lowest BCUT2D eigenvalue weighted by Gasteiger charge is -2.15. The molecule has 7 heteroatoms. The van der Waals surface area contributed by atoms with E-state index in [9.17, 15) is 14.7 Å². The third-order valence-electron chi connectivity index (χ3n) is 3.59. The molecule has 1 aromatic rings. The summed E-state index contributed by atoms with van der Waals surface area (Å²) in [7, 11) is 1.51. The minimum atomic E-state index is -1.04. The number of ether oxygens (including phenoxy) is 1. The van der Waals surface area contributed by atoms with Crippen LogP contribution in [-0.2, 0) is 9.59 Å². The van der Waals surface area contributed by atoms with Gasteiger partial charge in [-0.25, -0.2) is 0 Å². The standard InChI is InChI=1S/C17H27N3O4/c1-24-15-9-5-4-8-13(15)20-16(21)12-14(17(22)23)19-11-7-3-2-6-10-18/h4-5,8-9,14,19H,2-3,6-7,10-12,18H2,1H3,(H,20,21)(H,22,23)/t14-/m1/s1. The quantitative estimate of drug-likeness (QED) is 0.431. The number of rotatable bonds is 12. The van der Waals surface area contributed by atoms with Crippen LogP contribution < -0.4 is 21.1 Å². The molecule has 0 radical (unpaired) electrons. The van der Waals surface area contributed by atoms with E-state index >= 15 is 0 Å². The summed E-state index contributed by atoms with van der Waals surface area (Å²) in [4.78, 5) is 23.4. The fourth-order valence-electron chi connectivity index (χ4n) is 2.28. The van der Waals surface area contributed by atoms with Crippen molar-refractivity contribution in [1.82, 2.24) is 5.32 Å². The molecule has 0 unspecified atom stereocenters. The maximum absolute atomic E-state index is 12.1. The molecule has 0 aliphatic carbocycles. The van der Waals surface area contributed by atoms with E-state index in [4.69, 9.17) is 10.5 Å². The first-order valence-electron chi connectivity index (χ1n) is 8.17. The Morgan fingerprint density at radius 2 is 1.92 bits per heavy atom. The van der Waals surface area contributed by atoms with E-state index in [1.165, 1.54) is 7.11 Å². The van der Waals surface area contributed by atoms with E-state index in [0.29, 0.717) is 24.5 Å². The Bertz CT molecular complexity index is 522. The molecule has 0 saturated carbocycles. The Kier molecular flexibility index (Phi) is 9.48. The highest BCUT2D eigenvalue weighted by Crippen LogP contribution is 2.23. The van der Waals surface area contributed by atoms with Crippen molar-refractivity contribution in [2.75, 3.05) is 25.5 Å². The minimum Gasteiger partial charge on any atom is -0.495 e. The number of carbonyl (C=O) groups excluding carboxylic acids is 1. The summed E-state index contributed by atoms with van der Waals surface area (Å²) in [6.45, 7) is 1.23. The van der Waals surface area contributed by atoms with E-state index in [1.54, 1.807) is 24.3 Å². The lowest BCUT2D eigenvalue weighted by molar-refractivity contribution is -0.141. The third-order valence-corrected chi connectivity index (χ3v) is 3.59. The van der Waals surface area contributed by atoms with E-state index in [-0.39, 0.29) is 12.3 Å². The number of amides is 1. The average Bonchev–Trinajstić information content (AvgIpc) is 2.57. The lowest BCUT2D eigenvalue weighted by atomic mass is 10.1. The minimum absolute atomic E-state index is 0.143. The number of benzene rings is 1. The van der Waals surface area contributed by atoms with Crippen molar-refractivity contribution in [3.05, 3.63) is 24.3 Å². The van der Waals surface area contributed by atoms with Gasteiger partial charge in [-0.1, -0.05) is 25.0 Å². The molecule has 1 aromatic carbocycles. The van der Waals surface area contributed by atoms with Crippen LogP contribution in [0.15, 0.2) is 24.3 Å². The van der Waals surface area contributed by atoms with Crippen molar-refractivity contribution in [3.8, 4) is 5.75 Å². The lowest BCUT2D eigenvalue weighted by Crippen LogP contribution is -2.40. The first kappa shape index (κ1) is 19.9. The normalized spacial score (nSPS) is 11.8. The molecule has 7 nitrogen and oxygen atoms in total. The van der Waals surface area contributed by atoms with Crippen LogP contribution in [0.4, 0.5) is 5.69 Å². The van der Waals surface area contributed by atoms with Crippen molar-refractivity contribution in [2.45, 2.75) is 38.1 Å². The molecule has 0 heterocycles. The number of methoxy groups -OCH3 is 1. The molecule has 0 aliphatic heterocycles. The number of hydrogen-bond acceptors (Lipinski definition) is 5. The van der Waals surface area contributed by atoms with Crippen LogP contribution in [0.1, 0.15) is 32.1 Å². The predicted octanol–water partition coefficient (Wildman–Crippen LogP) is 1.59. The van der Waals surface area contributed by atoms with Gasteiger partial charge in [0.15, 0.2) is 0 Å². The Balaban J connectivity index is 2.43. The summed E-state index contributed by atoms with van der Waals surface area (Å²) in [5, 5.41) is 14.8. The molecule has 1 atom stereocenters. The maximum atomic E-state index is 12.1. The van der Waals surface area contributed by atoms with Crippen LogP contribution in [-0.4, -0.2) is 43.2 Å². The second-order valence-electron chi connectivity index (χ2n) is 5.50. The summed E-state index contributed by atoms with van der Waals surface area (Å²) in [6.07, 6.45) is 3.71. The second-order valence-corrected chi connectivity index (χ2v) is 5.50. The fraction of sp³-hybridized carbons (Fsp3) is 0.529. The zero-order valence-electron chi connectivity index (χ0n) is 14.1. The van der Waals surface area contributed by atoms with E-state index in [1.807, 2.05) is 0 Å². The Hall–Kier alpha value is -2.12. The summed E-state index contributed by atoms with van der Waals surface area (Å²) in [6, 6.07) is 6.09. The van der Waals surface area contributed by atoms with Gasteiger partial charge in [0.1, 0.15) is 11.8 Å². The molecule has 0 aromatic heterocycles. The van der Waals surface area contributed by atoms with Gasteiger partial charge in [0, 0.05) is 0 Å². The zero-order chi connectivity index (χ0) is 17.8. The summed E-state index contributed by atoms with van der Waals surface area (Å²) < 4.78 is 5.15. The number of anilines is 1. The topological polar surface area (TPSA) is 114 Å². The summed E-state index contributed by atoms with van der Waals surface area (Å²) in [5.74, 6) is -0.875. The van der Waals surface area contributed by atoms with Crippen molar-refractivity contribution >= 4 is 17.6 Å². The van der Waals surface area contributed by atoms with Crippen molar-refractivity contribution in [3.63, 3.8) is 0 Å². The average molecular weight is 337 g/mol. The molecule has 0 aliphatic rings. The molecule has 1 rings (SSSR count). The van der Waals surface area contributed by atoms with Gasteiger partial charge >= 0.3 is 5.97 Å². The van der Waals surface area contributed by atoms with Gasteiger partial charge in [-0.15, -0.1) is 0 Å². The van der Waals surface area contributed by atoms with Crippen LogP contribution in [0.3, 0.4) is 0 Å². The summed E-state index contributed by atoms with van der Waals surface area (Å²) in [5.41, 5.74) is 5.95. The first-order valence-corrected chi connectivity index (χ1v) is 8.17. The van der Waals surface area contributed by atoms with Crippen LogP contribution in [0.5, 0.6) is 5.75 Å². The molecule has 0 saturated heterocycles. The smallest absolute Gasteiger partial charge is 0.321 e. The highest BCUT2D eigenvalue weighted by atomic mass is 16.5. The van der Waals surface area contributed by atoms with Crippen molar-refractivity contribution < 1.29 is 19.4 Å². The van der Waals surface area contributed by atoms with E-state index < -0.39 is 12.0 Å². The number of nitrogens with two attached hydrogens (primary N) is 1. The van der Waals surface area contributed by atoms with Gasteiger partial charge in [0.05, 0.1) is 19.2 Å². The number of unbranched alkanes of at least 4 members (excludes halogenated alkanes) is 3. The number of hydrogen-bond donors (Lipinski definition) is 4. The molecule has 0 spiro atoms. The third kappa shape index (κ3) is 7.43. The Morgan fingerprint density at radius 1 is 1.21 bits per heavy atom. The molecule has 0 bridgehead atoms. The van der Waals surface area contributed by atoms with Crippen LogP contribution >= 0.6 is 0 Å². The number of para-hydroxylation sites is 2. The van der Waals surface area contributed by atoms with Crippen LogP contribution in [0, 0.1) is 0 Å². The molecule has 1 amide bonds. The number of carboxylic acids is 1. The van der Waals surface area contributed by atoms with Gasteiger partial charge < -0.3 is 26.2 Å². The van der Waals surface area contributed by atoms with Crippen LogP contribution in [0.25, 0.3) is 0 Å². The zero-order valence-corrected chi connectivity index (χ0v) is 14.1. The predicted molar refractivity (Wildman–Crippen MR) is 93.2 cm³/mol. The molecular weight excluding hydrogens is 310 g/mol. The molecule has 0 fully saturated rings. The van der Waals surface area contributed by atoms with Crippen molar-refractivity contribution in [1.29, 1.82) is 0 Å². The Morgan fingerprint density at radius 3 is 2.58 bits per heavy atom. The highest BCUT2D eigenvalue weighted by Gasteiger charge is 2.21. The first-order chi connectivity index (χ1) is 11.6. The van der Waals surface area contributed by atoms with Gasteiger partial charge in [0.25, 0.3) is 0 Å². The number of carboxylic acid groups (broad SMARTS) is 1. The SMILES string of the molecule is COc1ccccc1NC(=O)C[C@@H](NCCCCCCN)C(=O)O. The number of aliphatic carboxylic acids is 1. The van der Waals surface area contributed by atoms with Crippen molar-refractivity contribution in [2.24, 2.45) is 5.73 Å². The highest BCUT2D eigenvalue weighted by molar-refractivity contribution is 5.95.